The summed E-state index contributed by atoms with van der Waals surface area (Å²) in [5.74, 6) is 1.66. The molecule has 0 aromatic carbocycles. The Morgan fingerprint density at radius 2 is 2.30 bits per heavy atom. The van der Waals surface area contributed by atoms with Crippen LogP contribution in [-0.4, -0.2) is 22.2 Å². The van der Waals surface area contributed by atoms with Crippen molar-refractivity contribution in [2.45, 2.75) is 38.0 Å². The Hall–Kier alpha value is 0.310. The predicted octanol–water partition coefficient (Wildman–Crippen LogP) is 1.90. The van der Waals surface area contributed by atoms with Crippen molar-refractivity contribution in [3.05, 3.63) is 0 Å². The largest absolute Gasteiger partial charge is 0.392 e. The first kappa shape index (κ1) is 8.41. The van der Waals surface area contributed by atoms with E-state index in [4.69, 9.17) is 0 Å². The zero-order valence-electron chi connectivity index (χ0n) is 6.71. The standard InChI is InChI=1S/C8H16OS/c1-3-4-7-8(9)6(2)5-10-7/h6-9H,3-5H2,1-2H3/t6-,7+,8-/m0/s1. The summed E-state index contributed by atoms with van der Waals surface area (Å²) in [5.41, 5.74) is 0. The minimum absolute atomic E-state index is 0.0371. The molecular weight excluding hydrogens is 144 g/mol. The molecule has 1 rings (SSSR count). The van der Waals surface area contributed by atoms with Crippen LogP contribution in [0.1, 0.15) is 26.7 Å². The van der Waals surface area contributed by atoms with Crippen molar-refractivity contribution in [1.82, 2.24) is 0 Å². The lowest BCUT2D eigenvalue weighted by molar-refractivity contribution is 0.131. The van der Waals surface area contributed by atoms with Crippen LogP contribution in [0.2, 0.25) is 0 Å². The van der Waals surface area contributed by atoms with Crippen molar-refractivity contribution in [1.29, 1.82) is 0 Å². The molecule has 1 fully saturated rings. The maximum Gasteiger partial charge on any atom is 0.0692 e. The quantitative estimate of drug-likeness (QED) is 0.666. The Kier molecular flexibility index (Phi) is 3.05. The fourth-order valence-electron chi connectivity index (χ4n) is 1.38. The Morgan fingerprint density at radius 3 is 2.70 bits per heavy atom. The summed E-state index contributed by atoms with van der Waals surface area (Å²) in [4.78, 5) is 0. The lowest BCUT2D eigenvalue weighted by Gasteiger charge is -2.14. The highest BCUT2D eigenvalue weighted by Crippen LogP contribution is 2.33. The Balaban J connectivity index is 2.33. The molecule has 1 saturated heterocycles. The molecule has 0 aliphatic carbocycles. The third-order valence-electron chi connectivity index (χ3n) is 2.11. The lowest BCUT2D eigenvalue weighted by atomic mass is 10.0. The lowest BCUT2D eigenvalue weighted by Crippen LogP contribution is -2.22. The van der Waals surface area contributed by atoms with Crippen molar-refractivity contribution >= 4 is 11.8 Å². The smallest absolute Gasteiger partial charge is 0.0692 e. The Morgan fingerprint density at radius 1 is 1.60 bits per heavy atom. The van der Waals surface area contributed by atoms with Gasteiger partial charge in [-0.3, -0.25) is 0 Å². The highest BCUT2D eigenvalue weighted by Gasteiger charge is 2.31. The highest BCUT2D eigenvalue weighted by molar-refractivity contribution is 8.00. The predicted molar refractivity (Wildman–Crippen MR) is 46.3 cm³/mol. The van der Waals surface area contributed by atoms with Gasteiger partial charge in [0.05, 0.1) is 6.10 Å². The Labute approximate surface area is 67.2 Å². The first-order valence-electron chi connectivity index (χ1n) is 4.05. The van der Waals surface area contributed by atoms with Crippen LogP contribution in [0.4, 0.5) is 0 Å². The molecular formula is C8H16OS. The fraction of sp³-hybridized carbons (Fsp3) is 1.00. The van der Waals surface area contributed by atoms with E-state index in [9.17, 15) is 5.11 Å². The second-order valence-corrected chi connectivity index (χ2v) is 4.40. The van der Waals surface area contributed by atoms with Crippen molar-refractivity contribution in [2.24, 2.45) is 5.92 Å². The van der Waals surface area contributed by atoms with Gasteiger partial charge in [0.1, 0.15) is 0 Å². The van der Waals surface area contributed by atoms with Crippen molar-refractivity contribution in [2.75, 3.05) is 5.75 Å². The topological polar surface area (TPSA) is 20.2 Å². The van der Waals surface area contributed by atoms with Crippen LogP contribution in [0, 0.1) is 5.92 Å². The molecule has 1 aliphatic heterocycles. The molecule has 0 saturated carbocycles. The van der Waals surface area contributed by atoms with Crippen LogP contribution in [0.25, 0.3) is 0 Å². The number of thioether (sulfide) groups is 1. The number of aliphatic hydroxyl groups excluding tert-OH is 1. The van der Waals surface area contributed by atoms with Gasteiger partial charge in [0.25, 0.3) is 0 Å². The van der Waals surface area contributed by atoms with Gasteiger partial charge >= 0.3 is 0 Å². The second kappa shape index (κ2) is 3.63. The highest BCUT2D eigenvalue weighted by atomic mass is 32.2. The van der Waals surface area contributed by atoms with E-state index in [-0.39, 0.29) is 6.10 Å². The maximum absolute atomic E-state index is 9.57. The summed E-state index contributed by atoms with van der Waals surface area (Å²) in [6.07, 6.45) is 2.34. The maximum atomic E-state index is 9.57. The van der Waals surface area contributed by atoms with E-state index in [2.05, 4.69) is 13.8 Å². The van der Waals surface area contributed by atoms with Gasteiger partial charge in [-0.05, 0) is 18.1 Å². The van der Waals surface area contributed by atoms with E-state index in [0.29, 0.717) is 11.2 Å². The first-order chi connectivity index (χ1) is 4.75. The molecule has 0 aromatic rings. The van der Waals surface area contributed by atoms with Crippen molar-refractivity contribution < 1.29 is 5.11 Å². The van der Waals surface area contributed by atoms with E-state index in [0.717, 1.165) is 5.75 Å². The van der Waals surface area contributed by atoms with E-state index in [1.54, 1.807) is 0 Å². The molecule has 0 bridgehead atoms. The molecule has 0 radical (unpaired) electrons. The van der Waals surface area contributed by atoms with Crippen LogP contribution in [0.3, 0.4) is 0 Å². The molecule has 10 heavy (non-hydrogen) atoms. The van der Waals surface area contributed by atoms with Gasteiger partial charge in [0, 0.05) is 5.25 Å². The number of aliphatic hydroxyl groups is 1. The van der Waals surface area contributed by atoms with E-state index < -0.39 is 0 Å². The zero-order valence-corrected chi connectivity index (χ0v) is 7.53. The molecule has 1 heterocycles. The van der Waals surface area contributed by atoms with Gasteiger partial charge in [-0.1, -0.05) is 20.3 Å². The van der Waals surface area contributed by atoms with E-state index >= 15 is 0 Å². The average Bonchev–Trinajstić information content (AvgIpc) is 2.20. The Bertz CT molecular complexity index is 103. The van der Waals surface area contributed by atoms with Gasteiger partial charge in [0.2, 0.25) is 0 Å². The van der Waals surface area contributed by atoms with Crippen molar-refractivity contribution in [3.8, 4) is 0 Å². The summed E-state index contributed by atoms with van der Waals surface area (Å²) < 4.78 is 0. The number of hydrogen-bond donors (Lipinski definition) is 1. The molecule has 0 spiro atoms. The first-order valence-corrected chi connectivity index (χ1v) is 5.10. The van der Waals surface area contributed by atoms with Crippen LogP contribution < -0.4 is 0 Å². The van der Waals surface area contributed by atoms with Gasteiger partial charge in [0.15, 0.2) is 0 Å². The molecule has 1 N–H and O–H groups in total. The number of rotatable bonds is 2. The van der Waals surface area contributed by atoms with E-state index in [1.165, 1.54) is 12.8 Å². The summed E-state index contributed by atoms with van der Waals surface area (Å²) in [7, 11) is 0. The molecule has 1 nitrogen and oxygen atoms in total. The summed E-state index contributed by atoms with van der Waals surface area (Å²) >= 11 is 1.93. The summed E-state index contributed by atoms with van der Waals surface area (Å²) in [5, 5.41) is 10.1. The molecule has 2 heteroatoms. The molecule has 3 atom stereocenters. The normalized spacial score (nSPS) is 40.5. The van der Waals surface area contributed by atoms with Gasteiger partial charge in [-0.25, -0.2) is 0 Å². The summed E-state index contributed by atoms with van der Waals surface area (Å²) in [6, 6.07) is 0. The third kappa shape index (κ3) is 1.67. The van der Waals surface area contributed by atoms with Crippen LogP contribution in [0.5, 0.6) is 0 Å². The SMILES string of the molecule is CCC[C@H]1SC[C@H](C)[C@@H]1O. The molecule has 0 unspecified atom stereocenters. The van der Waals surface area contributed by atoms with Crippen LogP contribution >= 0.6 is 11.8 Å². The van der Waals surface area contributed by atoms with Gasteiger partial charge in [-0.2, -0.15) is 11.8 Å². The second-order valence-electron chi connectivity index (χ2n) is 3.13. The average molecular weight is 160 g/mol. The van der Waals surface area contributed by atoms with E-state index in [1.807, 2.05) is 11.8 Å². The molecule has 60 valence electrons. The minimum atomic E-state index is -0.0371. The third-order valence-corrected chi connectivity index (χ3v) is 3.77. The van der Waals surface area contributed by atoms with Crippen molar-refractivity contribution in [3.63, 3.8) is 0 Å². The van der Waals surface area contributed by atoms with Gasteiger partial charge in [-0.15, -0.1) is 0 Å². The zero-order chi connectivity index (χ0) is 7.56. The van der Waals surface area contributed by atoms with Gasteiger partial charge < -0.3 is 5.11 Å². The molecule has 1 aliphatic rings. The monoisotopic (exact) mass is 160 g/mol. The fourth-order valence-corrected chi connectivity index (χ4v) is 2.99. The molecule has 0 amide bonds. The van der Waals surface area contributed by atoms with Crippen LogP contribution in [0.15, 0.2) is 0 Å². The number of hydrogen-bond acceptors (Lipinski definition) is 2. The van der Waals surface area contributed by atoms with Crippen LogP contribution in [-0.2, 0) is 0 Å². The molecule has 0 aromatic heterocycles. The summed E-state index contributed by atoms with van der Waals surface area (Å²) in [6.45, 7) is 4.31. The minimum Gasteiger partial charge on any atom is -0.392 e.